The lowest BCUT2D eigenvalue weighted by Gasteiger charge is -2.47. The number of carbonyl (C=O) groups excluding carboxylic acids is 3. The third-order valence-electron chi connectivity index (χ3n) is 4.33. The first-order valence-electron chi connectivity index (χ1n) is 6.29. The van der Waals surface area contributed by atoms with Crippen LogP contribution < -0.4 is 0 Å². The summed E-state index contributed by atoms with van der Waals surface area (Å²) in [5.74, 6) is -0.497. The molecule has 0 bridgehead atoms. The molecule has 0 aromatic carbocycles. The van der Waals surface area contributed by atoms with Crippen molar-refractivity contribution in [3.8, 4) is 0 Å². The van der Waals surface area contributed by atoms with Crippen LogP contribution in [0, 0.1) is 0 Å². The number of esters is 1. The Balaban J connectivity index is 1.94. The van der Waals surface area contributed by atoms with Gasteiger partial charge in [0.25, 0.3) is 0 Å². The molecule has 2 atom stereocenters. The van der Waals surface area contributed by atoms with E-state index in [9.17, 15) is 14.4 Å². The summed E-state index contributed by atoms with van der Waals surface area (Å²) in [5.41, 5.74) is 0.794. The van der Waals surface area contributed by atoms with Crippen molar-refractivity contribution >= 4 is 17.7 Å². The lowest BCUT2D eigenvalue weighted by atomic mass is 9.71. The average Bonchev–Trinajstić information content (AvgIpc) is 2.86. The molecular formula is C14H11NO4. The van der Waals surface area contributed by atoms with Crippen LogP contribution in [0.5, 0.6) is 0 Å². The summed E-state index contributed by atoms with van der Waals surface area (Å²) in [7, 11) is 0. The Kier molecular flexibility index (Phi) is 1.82. The van der Waals surface area contributed by atoms with Crippen molar-refractivity contribution in [2.24, 2.45) is 0 Å². The predicted molar refractivity (Wildman–Crippen MR) is 63.9 cm³/mol. The lowest BCUT2D eigenvalue weighted by molar-refractivity contribution is -0.141. The van der Waals surface area contributed by atoms with Gasteiger partial charge < -0.3 is 9.64 Å². The molecule has 1 fully saturated rings. The van der Waals surface area contributed by atoms with Crippen LogP contribution in [0.25, 0.3) is 0 Å². The molecule has 4 aliphatic rings. The Hall–Kier alpha value is -2.17. The van der Waals surface area contributed by atoms with Gasteiger partial charge in [0, 0.05) is 37.1 Å². The molecule has 0 unspecified atom stereocenters. The maximum atomic E-state index is 12.1. The molecule has 1 amide bonds. The first-order valence-corrected chi connectivity index (χ1v) is 6.29. The summed E-state index contributed by atoms with van der Waals surface area (Å²) in [5, 5.41) is 0. The summed E-state index contributed by atoms with van der Waals surface area (Å²) in [6.07, 6.45) is 6.72. The maximum Gasteiger partial charge on any atom is 0.331 e. The van der Waals surface area contributed by atoms with E-state index in [1.165, 1.54) is 12.2 Å². The van der Waals surface area contributed by atoms with Gasteiger partial charge in [-0.2, -0.15) is 0 Å². The van der Waals surface area contributed by atoms with E-state index in [1.54, 1.807) is 17.1 Å². The fraction of sp³-hybridized carbons (Fsp3) is 0.357. The zero-order valence-corrected chi connectivity index (χ0v) is 10.1. The Morgan fingerprint density at radius 3 is 2.89 bits per heavy atom. The zero-order valence-electron chi connectivity index (χ0n) is 10.1. The smallest absolute Gasteiger partial charge is 0.331 e. The van der Waals surface area contributed by atoms with Gasteiger partial charge in [-0.1, -0.05) is 6.08 Å². The van der Waals surface area contributed by atoms with Gasteiger partial charge in [0.15, 0.2) is 5.78 Å². The van der Waals surface area contributed by atoms with Gasteiger partial charge in [-0.3, -0.25) is 9.59 Å². The molecule has 4 rings (SSSR count). The van der Waals surface area contributed by atoms with Crippen molar-refractivity contribution < 1.29 is 19.1 Å². The van der Waals surface area contributed by atoms with Crippen LogP contribution in [0.3, 0.4) is 0 Å². The lowest BCUT2D eigenvalue weighted by Crippen LogP contribution is -2.57. The summed E-state index contributed by atoms with van der Waals surface area (Å²) in [4.78, 5) is 37.1. The molecule has 0 N–H and O–H groups in total. The topological polar surface area (TPSA) is 63.7 Å². The Bertz CT molecular complexity index is 627. The summed E-state index contributed by atoms with van der Waals surface area (Å²) >= 11 is 0. The molecule has 5 heteroatoms. The third-order valence-corrected chi connectivity index (χ3v) is 4.33. The summed E-state index contributed by atoms with van der Waals surface area (Å²) < 4.78 is 5.26. The van der Waals surface area contributed by atoms with Gasteiger partial charge in [0.05, 0.1) is 0 Å². The molecule has 1 saturated heterocycles. The van der Waals surface area contributed by atoms with Crippen molar-refractivity contribution in [3.05, 3.63) is 35.5 Å². The first-order chi connectivity index (χ1) is 9.11. The standard InChI is InChI=1S/C14H11NO4/c16-9-2-1-8-5-12(17)15-4-3-11-10(6-13(18)19-11)14(8,15)7-9/h1-2,5-6,11H,3-4,7H2/t11-,14-/m0/s1. The van der Waals surface area contributed by atoms with Crippen molar-refractivity contribution in [2.45, 2.75) is 24.5 Å². The van der Waals surface area contributed by atoms with Crippen LogP contribution in [-0.2, 0) is 19.1 Å². The highest BCUT2D eigenvalue weighted by atomic mass is 16.5. The number of ketones is 1. The number of allylic oxidation sites excluding steroid dienone is 1. The predicted octanol–water partition coefficient (Wildman–Crippen LogP) is 0.278. The highest BCUT2D eigenvalue weighted by molar-refractivity contribution is 6.03. The van der Waals surface area contributed by atoms with Gasteiger partial charge in [0.2, 0.25) is 5.91 Å². The summed E-state index contributed by atoms with van der Waals surface area (Å²) in [6.45, 7) is 0.509. The van der Waals surface area contributed by atoms with E-state index in [4.69, 9.17) is 4.74 Å². The van der Waals surface area contributed by atoms with Crippen LogP contribution in [0.1, 0.15) is 12.8 Å². The van der Waals surface area contributed by atoms with Gasteiger partial charge in [-0.05, 0) is 11.6 Å². The minimum atomic E-state index is -0.766. The number of nitrogens with zero attached hydrogens (tertiary/aromatic N) is 1. The molecule has 0 saturated carbocycles. The molecule has 3 aliphatic heterocycles. The number of amides is 1. The zero-order chi connectivity index (χ0) is 13.2. The number of hydrogen-bond donors (Lipinski definition) is 0. The van der Waals surface area contributed by atoms with E-state index in [0.29, 0.717) is 13.0 Å². The third kappa shape index (κ3) is 1.17. The van der Waals surface area contributed by atoms with E-state index >= 15 is 0 Å². The molecule has 1 aliphatic carbocycles. The van der Waals surface area contributed by atoms with Crippen molar-refractivity contribution in [1.29, 1.82) is 0 Å². The molecule has 96 valence electrons. The second-order valence-electron chi connectivity index (χ2n) is 5.24. The first kappa shape index (κ1) is 10.7. The average molecular weight is 257 g/mol. The van der Waals surface area contributed by atoms with Crippen LogP contribution >= 0.6 is 0 Å². The second kappa shape index (κ2) is 3.23. The minimum Gasteiger partial charge on any atom is -0.454 e. The second-order valence-corrected chi connectivity index (χ2v) is 5.24. The number of piperidine rings is 1. The quantitative estimate of drug-likeness (QED) is 0.585. The van der Waals surface area contributed by atoms with E-state index in [-0.39, 0.29) is 30.2 Å². The van der Waals surface area contributed by atoms with Crippen LogP contribution in [0.15, 0.2) is 35.5 Å². The molecule has 1 spiro atoms. The molecular weight excluding hydrogens is 246 g/mol. The highest BCUT2D eigenvalue weighted by Crippen LogP contribution is 2.49. The summed E-state index contributed by atoms with van der Waals surface area (Å²) in [6, 6.07) is 0. The maximum absolute atomic E-state index is 12.1. The SMILES string of the molecule is O=C1C=CC2=CC(=O)N3CC[C@@H]4OC(=O)C=C4[C@]23C1. The van der Waals surface area contributed by atoms with Crippen molar-refractivity contribution in [1.82, 2.24) is 4.90 Å². The van der Waals surface area contributed by atoms with Gasteiger partial charge in [-0.15, -0.1) is 0 Å². The Morgan fingerprint density at radius 1 is 1.21 bits per heavy atom. The monoisotopic (exact) mass is 257 g/mol. The van der Waals surface area contributed by atoms with E-state index in [1.807, 2.05) is 0 Å². The highest BCUT2D eigenvalue weighted by Gasteiger charge is 2.57. The van der Waals surface area contributed by atoms with Crippen LogP contribution in [0.4, 0.5) is 0 Å². The van der Waals surface area contributed by atoms with Gasteiger partial charge >= 0.3 is 5.97 Å². The fourth-order valence-electron chi connectivity index (χ4n) is 3.58. The van der Waals surface area contributed by atoms with Crippen molar-refractivity contribution in [3.63, 3.8) is 0 Å². The van der Waals surface area contributed by atoms with Gasteiger partial charge in [0.1, 0.15) is 11.6 Å². The number of ether oxygens (including phenoxy) is 1. The van der Waals surface area contributed by atoms with Crippen LogP contribution in [0.2, 0.25) is 0 Å². The van der Waals surface area contributed by atoms with Crippen molar-refractivity contribution in [2.75, 3.05) is 6.54 Å². The molecule has 0 aromatic heterocycles. The molecule has 3 heterocycles. The largest absolute Gasteiger partial charge is 0.454 e. The number of fused-ring (bicyclic) bond motifs is 1. The van der Waals surface area contributed by atoms with E-state index in [0.717, 1.165) is 11.1 Å². The number of hydrogen-bond acceptors (Lipinski definition) is 4. The molecule has 0 radical (unpaired) electrons. The van der Waals surface area contributed by atoms with Gasteiger partial charge in [-0.25, -0.2) is 4.79 Å². The molecule has 19 heavy (non-hydrogen) atoms. The fourth-order valence-corrected chi connectivity index (χ4v) is 3.58. The molecule has 5 nitrogen and oxygen atoms in total. The van der Waals surface area contributed by atoms with Crippen LogP contribution in [-0.4, -0.2) is 40.7 Å². The Morgan fingerprint density at radius 2 is 2.05 bits per heavy atom. The van der Waals surface area contributed by atoms with E-state index < -0.39 is 5.54 Å². The van der Waals surface area contributed by atoms with E-state index in [2.05, 4.69) is 0 Å². The normalized spacial score (nSPS) is 35.5. The molecule has 0 aromatic rings. The number of rotatable bonds is 0. The number of carbonyl (C=O) groups is 3. The Labute approximate surface area is 109 Å². The minimum absolute atomic E-state index is 0.0299.